The van der Waals surface area contributed by atoms with E-state index in [0.29, 0.717) is 38.8 Å². The van der Waals surface area contributed by atoms with Crippen molar-refractivity contribution < 1.29 is 19.8 Å². The van der Waals surface area contributed by atoms with Crippen molar-refractivity contribution in [2.24, 2.45) is 10.8 Å². The highest BCUT2D eigenvalue weighted by molar-refractivity contribution is 5.78. The van der Waals surface area contributed by atoms with Crippen LogP contribution in [0.5, 0.6) is 0 Å². The number of carbonyl (C=O) groups is 2. The molecule has 0 atom stereocenters. The number of carboxylic acids is 2. The summed E-state index contributed by atoms with van der Waals surface area (Å²) in [5.74, 6) is -1.75. The van der Waals surface area contributed by atoms with Crippen LogP contribution >= 0.6 is 0 Å². The molecule has 1 heterocycles. The maximum absolute atomic E-state index is 11.8. The van der Waals surface area contributed by atoms with Crippen LogP contribution in [0.3, 0.4) is 0 Å². The second kappa shape index (κ2) is 5.69. The number of hydrogen-bond acceptors (Lipinski definition) is 3. The molecule has 1 rings (SSSR count). The van der Waals surface area contributed by atoms with Crippen LogP contribution in [0.1, 0.15) is 46.0 Å². The maximum Gasteiger partial charge on any atom is 0.310 e. The van der Waals surface area contributed by atoms with Gasteiger partial charge in [0.25, 0.3) is 0 Å². The van der Waals surface area contributed by atoms with Crippen LogP contribution in [0.2, 0.25) is 0 Å². The first-order valence-electron chi connectivity index (χ1n) is 6.60. The van der Waals surface area contributed by atoms with E-state index in [-0.39, 0.29) is 6.42 Å². The van der Waals surface area contributed by atoms with E-state index in [0.717, 1.165) is 0 Å². The van der Waals surface area contributed by atoms with Crippen molar-refractivity contribution in [1.29, 1.82) is 0 Å². The van der Waals surface area contributed by atoms with Gasteiger partial charge in [-0.05, 0) is 44.2 Å². The first-order chi connectivity index (χ1) is 8.44. The molecule has 1 aliphatic rings. The van der Waals surface area contributed by atoms with Crippen molar-refractivity contribution in [1.82, 2.24) is 5.32 Å². The number of hydrogen-bond donors (Lipinski definition) is 3. The predicted octanol–water partition coefficient (Wildman–Crippen LogP) is 1.72. The zero-order chi connectivity index (χ0) is 13.8. The lowest BCUT2D eigenvalue weighted by atomic mass is 9.55. The summed E-state index contributed by atoms with van der Waals surface area (Å²) in [5.41, 5.74) is -1.55. The molecule has 0 unspecified atom stereocenters. The van der Waals surface area contributed by atoms with Gasteiger partial charge >= 0.3 is 11.9 Å². The summed E-state index contributed by atoms with van der Waals surface area (Å²) in [6, 6.07) is 0. The highest BCUT2D eigenvalue weighted by Gasteiger charge is 2.55. The molecule has 0 aromatic heterocycles. The van der Waals surface area contributed by atoms with Gasteiger partial charge in [-0.25, -0.2) is 0 Å². The third-order valence-electron chi connectivity index (χ3n) is 4.68. The third kappa shape index (κ3) is 2.36. The van der Waals surface area contributed by atoms with Gasteiger partial charge in [-0.1, -0.05) is 13.8 Å². The second-order valence-electron chi connectivity index (χ2n) is 5.20. The third-order valence-corrected chi connectivity index (χ3v) is 4.68. The molecular weight excluding hydrogens is 234 g/mol. The van der Waals surface area contributed by atoms with Gasteiger partial charge in [0.2, 0.25) is 0 Å². The van der Waals surface area contributed by atoms with E-state index in [2.05, 4.69) is 5.32 Å². The van der Waals surface area contributed by atoms with Crippen molar-refractivity contribution in [3.05, 3.63) is 0 Å². The fourth-order valence-corrected chi connectivity index (χ4v) is 3.55. The van der Waals surface area contributed by atoms with Crippen molar-refractivity contribution in [3.63, 3.8) is 0 Å². The van der Waals surface area contributed by atoms with Gasteiger partial charge in [-0.2, -0.15) is 0 Å². The molecule has 1 aliphatic heterocycles. The first kappa shape index (κ1) is 15.0. The Bertz CT molecular complexity index is 317. The zero-order valence-electron chi connectivity index (χ0n) is 11.2. The summed E-state index contributed by atoms with van der Waals surface area (Å²) >= 11 is 0. The van der Waals surface area contributed by atoms with Crippen molar-refractivity contribution in [2.45, 2.75) is 46.0 Å². The number of aliphatic carboxylic acids is 2. The minimum Gasteiger partial charge on any atom is -0.481 e. The minimum atomic E-state index is -0.923. The van der Waals surface area contributed by atoms with Crippen LogP contribution in [0.15, 0.2) is 0 Å². The lowest BCUT2D eigenvalue weighted by Crippen LogP contribution is -2.53. The normalized spacial score (nSPS) is 19.4. The Morgan fingerprint density at radius 2 is 1.67 bits per heavy atom. The van der Waals surface area contributed by atoms with Crippen LogP contribution in [0, 0.1) is 10.8 Å². The fraction of sp³-hybridized carbons (Fsp3) is 0.846. The Balaban J connectivity index is 3.20. The van der Waals surface area contributed by atoms with Crippen LogP contribution in [0.25, 0.3) is 0 Å². The van der Waals surface area contributed by atoms with E-state index in [4.69, 9.17) is 5.11 Å². The molecule has 0 aromatic carbocycles. The largest absolute Gasteiger partial charge is 0.481 e. The van der Waals surface area contributed by atoms with Gasteiger partial charge in [-0.15, -0.1) is 0 Å². The summed E-state index contributed by atoms with van der Waals surface area (Å²) in [5, 5.41) is 22.0. The summed E-state index contributed by atoms with van der Waals surface area (Å²) in [4.78, 5) is 22.9. The molecule has 3 N–H and O–H groups in total. The Labute approximate surface area is 108 Å². The molecule has 0 aromatic rings. The van der Waals surface area contributed by atoms with Crippen LogP contribution in [0.4, 0.5) is 0 Å². The lowest BCUT2D eigenvalue weighted by molar-refractivity contribution is -0.166. The number of nitrogens with one attached hydrogen (secondary N) is 1. The van der Waals surface area contributed by atoms with Crippen molar-refractivity contribution in [3.8, 4) is 0 Å². The molecule has 0 amide bonds. The SMILES string of the molecule is CCC(CC)(C(=O)O)C1(CC(=O)O)CCNCC1. The van der Waals surface area contributed by atoms with E-state index in [1.165, 1.54) is 0 Å². The van der Waals surface area contributed by atoms with Crippen LogP contribution < -0.4 is 5.32 Å². The summed E-state index contributed by atoms with van der Waals surface area (Å²) in [6.45, 7) is 5.09. The van der Waals surface area contributed by atoms with Crippen LogP contribution in [-0.2, 0) is 9.59 Å². The highest BCUT2D eigenvalue weighted by Crippen LogP contribution is 2.53. The Morgan fingerprint density at radius 3 is 2.00 bits per heavy atom. The molecule has 104 valence electrons. The monoisotopic (exact) mass is 257 g/mol. The van der Waals surface area contributed by atoms with E-state index in [9.17, 15) is 14.7 Å². The van der Waals surface area contributed by atoms with Crippen LogP contribution in [-0.4, -0.2) is 35.2 Å². The van der Waals surface area contributed by atoms with E-state index < -0.39 is 22.8 Å². The van der Waals surface area contributed by atoms with Gasteiger partial charge in [0, 0.05) is 0 Å². The smallest absolute Gasteiger partial charge is 0.310 e. The molecule has 1 fully saturated rings. The topological polar surface area (TPSA) is 86.6 Å². The molecule has 5 heteroatoms. The molecule has 0 saturated carbocycles. The average Bonchev–Trinajstić information content (AvgIpc) is 2.30. The Kier molecular flexibility index (Phi) is 4.73. The van der Waals surface area contributed by atoms with Crippen molar-refractivity contribution in [2.75, 3.05) is 13.1 Å². The Hall–Kier alpha value is -1.10. The minimum absolute atomic E-state index is 0.0529. The van der Waals surface area contributed by atoms with Gasteiger partial charge in [-0.3, -0.25) is 9.59 Å². The molecule has 18 heavy (non-hydrogen) atoms. The molecule has 0 radical (unpaired) electrons. The number of rotatable bonds is 6. The zero-order valence-corrected chi connectivity index (χ0v) is 11.2. The standard InChI is InChI=1S/C13H23NO4/c1-3-13(4-2,11(17)18)12(9-10(15)16)5-7-14-8-6-12/h14H,3-9H2,1-2H3,(H,15,16)(H,17,18). The number of piperidine rings is 1. The Morgan fingerprint density at radius 1 is 1.17 bits per heavy atom. The van der Waals surface area contributed by atoms with E-state index in [1.54, 1.807) is 0 Å². The highest BCUT2D eigenvalue weighted by atomic mass is 16.4. The predicted molar refractivity (Wildman–Crippen MR) is 67.4 cm³/mol. The van der Waals surface area contributed by atoms with E-state index in [1.807, 2.05) is 13.8 Å². The molecule has 1 saturated heterocycles. The van der Waals surface area contributed by atoms with E-state index >= 15 is 0 Å². The second-order valence-corrected chi connectivity index (χ2v) is 5.20. The lowest BCUT2D eigenvalue weighted by Gasteiger charge is -2.49. The van der Waals surface area contributed by atoms with Gasteiger partial charge in [0.15, 0.2) is 0 Å². The maximum atomic E-state index is 11.8. The summed E-state index contributed by atoms with van der Waals surface area (Å²) in [7, 11) is 0. The first-order valence-corrected chi connectivity index (χ1v) is 6.60. The molecule has 0 aliphatic carbocycles. The molecular formula is C13H23NO4. The summed E-state index contributed by atoms with van der Waals surface area (Å²) in [6.07, 6.45) is 2.14. The quantitative estimate of drug-likeness (QED) is 0.674. The molecule has 0 spiro atoms. The molecule has 0 bridgehead atoms. The number of carboxylic acid groups (broad SMARTS) is 2. The van der Waals surface area contributed by atoms with Gasteiger partial charge in [0.1, 0.15) is 0 Å². The van der Waals surface area contributed by atoms with Crippen molar-refractivity contribution >= 4 is 11.9 Å². The van der Waals surface area contributed by atoms with Gasteiger partial charge < -0.3 is 15.5 Å². The average molecular weight is 257 g/mol. The summed E-state index contributed by atoms with van der Waals surface area (Å²) < 4.78 is 0. The fourth-order valence-electron chi connectivity index (χ4n) is 3.55. The van der Waals surface area contributed by atoms with Gasteiger partial charge in [0.05, 0.1) is 11.8 Å². The molecule has 5 nitrogen and oxygen atoms in total.